The van der Waals surface area contributed by atoms with E-state index < -0.39 is 17.5 Å². The van der Waals surface area contributed by atoms with Gasteiger partial charge in [0.2, 0.25) is 0 Å². The van der Waals surface area contributed by atoms with Gasteiger partial charge in [-0.25, -0.2) is 4.79 Å². The summed E-state index contributed by atoms with van der Waals surface area (Å²) in [6.45, 7) is 0. The largest absolute Gasteiger partial charge is 0.508 e. The number of phenolic OH excluding ortho intramolecular Hbond substituents is 1. The zero-order valence-corrected chi connectivity index (χ0v) is 11.4. The zero-order valence-electron chi connectivity index (χ0n) is 11.4. The number of carboxylic acid groups (broad SMARTS) is 1. The normalized spacial score (nSPS) is 10.2. The minimum absolute atomic E-state index is 0. The molecule has 0 aromatic heterocycles. The molecule has 0 saturated carbocycles. The van der Waals surface area contributed by atoms with E-state index in [-0.39, 0.29) is 22.4 Å². The Morgan fingerprint density at radius 2 is 1.73 bits per heavy atom. The SMILES string of the molecule is O.O=C(/C=C/c1cccc(O)c1)c1ccc(O)c(C(=O)O)c1. The van der Waals surface area contributed by atoms with Crippen molar-refractivity contribution in [2.24, 2.45) is 0 Å². The van der Waals surface area contributed by atoms with Crippen LogP contribution < -0.4 is 0 Å². The molecule has 0 spiro atoms. The lowest BCUT2D eigenvalue weighted by Gasteiger charge is -2.02. The summed E-state index contributed by atoms with van der Waals surface area (Å²) in [6, 6.07) is 9.98. The first-order valence-corrected chi connectivity index (χ1v) is 6.05. The Morgan fingerprint density at radius 3 is 2.36 bits per heavy atom. The van der Waals surface area contributed by atoms with Crippen molar-refractivity contribution in [1.82, 2.24) is 0 Å². The lowest BCUT2D eigenvalue weighted by molar-refractivity contribution is 0.0693. The molecule has 0 aliphatic carbocycles. The Balaban J connectivity index is 0.00000242. The maximum absolute atomic E-state index is 12.0. The Bertz CT molecular complexity index is 733. The third-order valence-electron chi connectivity index (χ3n) is 2.81. The highest BCUT2D eigenvalue weighted by atomic mass is 16.4. The number of ketones is 1. The van der Waals surface area contributed by atoms with Gasteiger partial charge >= 0.3 is 5.97 Å². The van der Waals surface area contributed by atoms with Crippen molar-refractivity contribution < 1.29 is 30.4 Å². The maximum Gasteiger partial charge on any atom is 0.339 e. The van der Waals surface area contributed by atoms with E-state index in [9.17, 15) is 19.8 Å². The molecule has 0 aliphatic heterocycles. The monoisotopic (exact) mass is 302 g/mol. The number of aromatic hydroxyl groups is 2. The third-order valence-corrected chi connectivity index (χ3v) is 2.81. The molecule has 5 N–H and O–H groups in total. The van der Waals surface area contributed by atoms with Crippen LogP contribution in [0.4, 0.5) is 0 Å². The second-order valence-corrected chi connectivity index (χ2v) is 4.33. The number of aromatic carboxylic acids is 1. The summed E-state index contributed by atoms with van der Waals surface area (Å²) in [6.07, 6.45) is 2.78. The summed E-state index contributed by atoms with van der Waals surface area (Å²) in [5.41, 5.74) is 0.466. The van der Waals surface area contributed by atoms with Crippen LogP contribution in [-0.2, 0) is 0 Å². The summed E-state index contributed by atoms with van der Waals surface area (Å²) in [7, 11) is 0. The first-order valence-electron chi connectivity index (χ1n) is 6.05. The Morgan fingerprint density at radius 1 is 1.00 bits per heavy atom. The van der Waals surface area contributed by atoms with E-state index in [1.807, 2.05) is 0 Å². The van der Waals surface area contributed by atoms with Crippen molar-refractivity contribution in [3.05, 3.63) is 65.2 Å². The molecule has 0 unspecified atom stereocenters. The van der Waals surface area contributed by atoms with Crippen molar-refractivity contribution >= 4 is 17.8 Å². The third kappa shape index (κ3) is 3.94. The quantitative estimate of drug-likeness (QED) is 0.587. The Hall–Kier alpha value is -3.12. The van der Waals surface area contributed by atoms with Crippen molar-refractivity contribution in [1.29, 1.82) is 0 Å². The number of phenols is 2. The smallest absolute Gasteiger partial charge is 0.339 e. The first-order chi connectivity index (χ1) is 9.97. The molecule has 0 fully saturated rings. The number of allylic oxidation sites excluding steroid dienone is 1. The van der Waals surface area contributed by atoms with Gasteiger partial charge in [-0.05, 0) is 42.0 Å². The second-order valence-electron chi connectivity index (χ2n) is 4.33. The minimum Gasteiger partial charge on any atom is -0.508 e. The lowest BCUT2D eigenvalue weighted by Crippen LogP contribution is -2.01. The predicted octanol–water partition coefficient (Wildman–Crippen LogP) is 1.87. The van der Waals surface area contributed by atoms with Gasteiger partial charge in [-0.2, -0.15) is 0 Å². The van der Waals surface area contributed by atoms with Gasteiger partial charge in [0.1, 0.15) is 17.1 Å². The number of hydrogen-bond donors (Lipinski definition) is 3. The van der Waals surface area contributed by atoms with Crippen molar-refractivity contribution in [2.45, 2.75) is 0 Å². The molecule has 0 bridgehead atoms. The summed E-state index contributed by atoms with van der Waals surface area (Å²) < 4.78 is 0. The van der Waals surface area contributed by atoms with Gasteiger partial charge in [0.25, 0.3) is 0 Å². The van der Waals surface area contributed by atoms with E-state index in [2.05, 4.69) is 0 Å². The number of carboxylic acids is 1. The number of carbonyl (C=O) groups excluding carboxylic acids is 1. The van der Waals surface area contributed by atoms with Crippen LogP contribution >= 0.6 is 0 Å². The van der Waals surface area contributed by atoms with Crippen LogP contribution in [0.1, 0.15) is 26.3 Å². The minimum atomic E-state index is -1.31. The van der Waals surface area contributed by atoms with Crippen LogP contribution in [0.2, 0.25) is 0 Å². The molecule has 0 aliphatic rings. The highest BCUT2D eigenvalue weighted by Crippen LogP contribution is 2.19. The number of hydrogen-bond acceptors (Lipinski definition) is 4. The van der Waals surface area contributed by atoms with Gasteiger partial charge in [0, 0.05) is 5.56 Å². The topological polar surface area (TPSA) is 126 Å². The number of carbonyl (C=O) groups is 2. The average molecular weight is 302 g/mol. The van der Waals surface area contributed by atoms with Crippen LogP contribution in [-0.4, -0.2) is 32.5 Å². The molecule has 0 amide bonds. The lowest BCUT2D eigenvalue weighted by atomic mass is 10.0. The van der Waals surface area contributed by atoms with Crippen LogP contribution in [0, 0.1) is 0 Å². The van der Waals surface area contributed by atoms with Gasteiger partial charge in [0.15, 0.2) is 5.78 Å². The molecule has 2 aromatic carbocycles. The molecule has 6 heteroatoms. The fourth-order valence-electron chi connectivity index (χ4n) is 1.76. The first kappa shape index (κ1) is 16.9. The molecule has 22 heavy (non-hydrogen) atoms. The number of benzene rings is 2. The molecule has 6 nitrogen and oxygen atoms in total. The van der Waals surface area contributed by atoms with Gasteiger partial charge in [-0.1, -0.05) is 18.2 Å². The van der Waals surface area contributed by atoms with Crippen molar-refractivity contribution in [3.63, 3.8) is 0 Å². The fourth-order valence-corrected chi connectivity index (χ4v) is 1.76. The Kier molecular flexibility index (Phi) is 5.43. The Labute approximate surface area is 125 Å². The number of rotatable bonds is 4. The molecule has 2 aromatic rings. The molecule has 0 atom stereocenters. The summed E-state index contributed by atoms with van der Waals surface area (Å²) in [5, 5.41) is 27.6. The molecule has 0 heterocycles. The van der Waals surface area contributed by atoms with E-state index in [0.717, 1.165) is 6.07 Å². The van der Waals surface area contributed by atoms with Crippen molar-refractivity contribution in [2.75, 3.05) is 0 Å². The molecule has 0 saturated heterocycles. The molecule has 2 rings (SSSR count). The van der Waals surface area contributed by atoms with Crippen LogP contribution in [0.25, 0.3) is 6.08 Å². The molecule has 0 radical (unpaired) electrons. The highest BCUT2D eigenvalue weighted by molar-refractivity contribution is 6.08. The van der Waals surface area contributed by atoms with Crippen LogP contribution in [0.5, 0.6) is 11.5 Å². The van der Waals surface area contributed by atoms with Crippen molar-refractivity contribution in [3.8, 4) is 11.5 Å². The summed E-state index contributed by atoms with van der Waals surface area (Å²) in [5.74, 6) is -2.02. The van der Waals surface area contributed by atoms with Gasteiger partial charge < -0.3 is 20.8 Å². The van der Waals surface area contributed by atoms with Crippen LogP contribution in [0.3, 0.4) is 0 Å². The van der Waals surface area contributed by atoms with Gasteiger partial charge in [-0.3, -0.25) is 4.79 Å². The summed E-state index contributed by atoms with van der Waals surface area (Å²) in [4.78, 5) is 22.9. The highest BCUT2D eigenvalue weighted by Gasteiger charge is 2.12. The van der Waals surface area contributed by atoms with E-state index in [1.54, 1.807) is 12.1 Å². The molecule has 114 valence electrons. The van der Waals surface area contributed by atoms with E-state index >= 15 is 0 Å². The summed E-state index contributed by atoms with van der Waals surface area (Å²) >= 11 is 0. The second kappa shape index (κ2) is 7.05. The predicted molar refractivity (Wildman–Crippen MR) is 80.2 cm³/mol. The standard InChI is InChI=1S/C16H12O5.H2O/c17-12-3-1-2-10(8-12)4-6-14(18)11-5-7-15(19)13(9-11)16(20)21;/h1-9,17,19H,(H,20,21);1H2/b6-4+;. The maximum atomic E-state index is 12.0. The van der Waals surface area contributed by atoms with Gasteiger partial charge in [0.05, 0.1) is 0 Å². The molecular formula is C16H14O6. The zero-order chi connectivity index (χ0) is 15.4. The van der Waals surface area contributed by atoms with Crippen LogP contribution in [0.15, 0.2) is 48.5 Å². The van der Waals surface area contributed by atoms with Gasteiger partial charge in [-0.15, -0.1) is 0 Å². The fraction of sp³-hybridized carbons (Fsp3) is 0. The van der Waals surface area contributed by atoms with E-state index in [0.29, 0.717) is 5.56 Å². The average Bonchev–Trinajstić information content (AvgIpc) is 2.45. The van der Waals surface area contributed by atoms with E-state index in [1.165, 1.54) is 36.4 Å². The molecular weight excluding hydrogens is 288 g/mol. The van der Waals surface area contributed by atoms with E-state index in [4.69, 9.17) is 5.11 Å².